The van der Waals surface area contributed by atoms with Crippen LogP contribution in [0.4, 0.5) is 10.1 Å². The summed E-state index contributed by atoms with van der Waals surface area (Å²) in [5.74, 6) is 0.121. The average Bonchev–Trinajstić information content (AvgIpc) is 2.46. The first-order valence-electron chi connectivity index (χ1n) is 7.47. The molecule has 2 rings (SSSR count). The Morgan fingerprint density at radius 2 is 2.14 bits per heavy atom. The van der Waals surface area contributed by atoms with E-state index in [0.717, 1.165) is 18.5 Å². The average molecular weight is 293 g/mol. The summed E-state index contributed by atoms with van der Waals surface area (Å²) in [4.78, 5) is 4.41. The van der Waals surface area contributed by atoms with Crippen molar-refractivity contribution in [3.63, 3.8) is 0 Å². The number of anilines is 1. The number of aliphatic imine (C=N–C) groups is 1. The maximum absolute atomic E-state index is 14.2. The molecule has 116 valence electrons. The van der Waals surface area contributed by atoms with E-state index in [-0.39, 0.29) is 5.82 Å². The number of rotatable bonds is 5. The molecule has 0 aromatic heterocycles. The van der Waals surface area contributed by atoms with E-state index in [1.54, 1.807) is 6.07 Å². The van der Waals surface area contributed by atoms with Crippen LogP contribution in [0.2, 0.25) is 0 Å². The largest absolute Gasteiger partial charge is 0.386 e. The molecule has 0 saturated carbocycles. The summed E-state index contributed by atoms with van der Waals surface area (Å²) in [6.45, 7) is 6.75. The van der Waals surface area contributed by atoms with Crippen molar-refractivity contribution in [3.8, 4) is 0 Å². The van der Waals surface area contributed by atoms with Crippen LogP contribution in [0.3, 0.4) is 0 Å². The van der Waals surface area contributed by atoms with E-state index >= 15 is 0 Å². The second-order valence-electron chi connectivity index (χ2n) is 5.72. The Morgan fingerprint density at radius 3 is 2.76 bits per heavy atom. The zero-order valence-corrected chi connectivity index (χ0v) is 12.9. The van der Waals surface area contributed by atoms with Gasteiger partial charge in [0.15, 0.2) is 0 Å². The maximum Gasteiger partial charge on any atom is 0.129 e. The summed E-state index contributed by atoms with van der Waals surface area (Å²) in [5, 5.41) is 3.43. The topological polar surface area (TPSA) is 59.6 Å². The van der Waals surface area contributed by atoms with E-state index in [2.05, 4.69) is 24.2 Å². The lowest BCUT2D eigenvalue weighted by Crippen LogP contribution is -2.38. The summed E-state index contributed by atoms with van der Waals surface area (Å²) < 4.78 is 19.7. The van der Waals surface area contributed by atoms with Gasteiger partial charge >= 0.3 is 0 Å². The highest BCUT2D eigenvalue weighted by Crippen LogP contribution is 2.32. The lowest BCUT2D eigenvalue weighted by atomic mass is 9.91. The van der Waals surface area contributed by atoms with E-state index in [9.17, 15) is 4.39 Å². The van der Waals surface area contributed by atoms with Gasteiger partial charge in [0.25, 0.3) is 0 Å². The molecule has 0 aliphatic carbocycles. The first-order valence-corrected chi connectivity index (χ1v) is 7.47. The van der Waals surface area contributed by atoms with Gasteiger partial charge in [0.2, 0.25) is 0 Å². The third-order valence-corrected chi connectivity index (χ3v) is 3.93. The van der Waals surface area contributed by atoms with Crippen molar-refractivity contribution in [2.45, 2.75) is 45.2 Å². The maximum atomic E-state index is 14.2. The Balaban J connectivity index is 2.33. The van der Waals surface area contributed by atoms with Crippen LogP contribution in [0.25, 0.3) is 0 Å². The molecule has 1 heterocycles. The molecule has 0 fully saturated rings. The van der Waals surface area contributed by atoms with Crippen molar-refractivity contribution in [2.24, 2.45) is 10.7 Å². The van der Waals surface area contributed by atoms with Crippen molar-refractivity contribution in [3.05, 3.63) is 29.6 Å². The number of hydrogen-bond donors (Lipinski definition) is 2. The molecule has 1 aliphatic rings. The number of halogens is 1. The second-order valence-corrected chi connectivity index (χ2v) is 5.72. The first-order chi connectivity index (χ1) is 9.98. The van der Waals surface area contributed by atoms with Crippen LogP contribution < -0.4 is 11.1 Å². The molecule has 5 heteroatoms. The van der Waals surface area contributed by atoms with Gasteiger partial charge in [0.05, 0.1) is 6.61 Å². The highest BCUT2D eigenvalue weighted by Gasteiger charge is 2.32. The van der Waals surface area contributed by atoms with Gasteiger partial charge in [-0.1, -0.05) is 13.8 Å². The Hall–Kier alpha value is -1.62. The van der Waals surface area contributed by atoms with E-state index < -0.39 is 5.54 Å². The third kappa shape index (κ3) is 3.53. The molecule has 0 radical (unpaired) electrons. The molecule has 0 bridgehead atoms. The number of ether oxygens (including phenoxy) is 1. The van der Waals surface area contributed by atoms with Gasteiger partial charge in [-0.25, -0.2) is 4.39 Å². The minimum Gasteiger partial charge on any atom is -0.386 e. The summed E-state index contributed by atoms with van der Waals surface area (Å²) in [6, 6.07) is 5.44. The quantitative estimate of drug-likeness (QED) is 0.877. The molecule has 21 heavy (non-hydrogen) atoms. The van der Waals surface area contributed by atoms with E-state index in [4.69, 9.17) is 10.5 Å². The Kier molecular flexibility index (Phi) is 4.83. The SMILES string of the molecule is CCC(CC)Nc1ccc(F)c([C@]2(C)COCC(N)=N2)c1. The van der Waals surface area contributed by atoms with Crippen LogP contribution in [0.15, 0.2) is 23.2 Å². The lowest BCUT2D eigenvalue weighted by Gasteiger charge is -2.31. The molecule has 4 nitrogen and oxygen atoms in total. The number of nitrogens with one attached hydrogen (secondary N) is 1. The molecular formula is C16H24FN3O. The first kappa shape index (κ1) is 15.8. The molecule has 0 amide bonds. The second kappa shape index (κ2) is 6.43. The van der Waals surface area contributed by atoms with Gasteiger partial charge in [-0.2, -0.15) is 0 Å². The predicted molar refractivity (Wildman–Crippen MR) is 84.2 cm³/mol. The van der Waals surface area contributed by atoms with Gasteiger partial charge < -0.3 is 15.8 Å². The Labute approximate surface area is 125 Å². The standard InChI is InChI=1S/C16H24FN3O/c1-4-11(5-2)19-12-6-7-14(17)13(8-12)16(3)10-21-9-15(18)20-16/h6-8,11,19H,4-5,9-10H2,1-3H3,(H2,18,20)/t16-/m0/s1. The van der Waals surface area contributed by atoms with Gasteiger partial charge in [0, 0.05) is 17.3 Å². The lowest BCUT2D eigenvalue weighted by molar-refractivity contribution is 0.104. The summed E-state index contributed by atoms with van der Waals surface area (Å²) in [5.41, 5.74) is 6.40. The van der Waals surface area contributed by atoms with Crippen molar-refractivity contribution >= 4 is 11.5 Å². The highest BCUT2D eigenvalue weighted by molar-refractivity contribution is 5.82. The number of nitrogens with zero attached hydrogens (tertiary/aromatic N) is 1. The predicted octanol–water partition coefficient (Wildman–Crippen LogP) is 3.03. The number of nitrogens with two attached hydrogens (primary N) is 1. The Bertz CT molecular complexity index is 528. The van der Waals surface area contributed by atoms with Crippen molar-refractivity contribution in [1.82, 2.24) is 0 Å². The number of benzene rings is 1. The zero-order chi connectivity index (χ0) is 15.5. The molecule has 0 unspecified atom stereocenters. The monoisotopic (exact) mass is 293 g/mol. The zero-order valence-electron chi connectivity index (χ0n) is 12.9. The molecule has 3 N–H and O–H groups in total. The minimum atomic E-state index is -0.766. The molecule has 1 aromatic rings. The fourth-order valence-electron chi connectivity index (χ4n) is 2.63. The van der Waals surface area contributed by atoms with Crippen molar-refractivity contribution in [1.29, 1.82) is 0 Å². The van der Waals surface area contributed by atoms with Crippen LogP contribution in [0.1, 0.15) is 39.2 Å². The highest BCUT2D eigenvalue weighted by atomic mass is 19.1. The summed E-state index contributed by atoms with van der Waals surface area (Å²) in [6.07, 6.45) is 2.05. The number of amidine groups is 1. The molecule has 0 spiro atoms. The van der Waals surface area contributed by atoms with Crippen molar-refractivity contribution < 1.29 is 9.13 Å². The summed E-state index contributed by atoms with van der Waals surface area (Å²) in [7, 11) is 0. The summed E-state index contributed by atoms with van der Waals surface area (Å²) >= 11 is 0. The molecule has 0 saturated heterocycles. The van der Waals surface area contributed by atoms with Gasteiger partial charge in [-0.15, -0.1) is 0 Å². The smallest absolute Gasteiger partial charge is 0.129 e. The van der Waals surface area contributed by atoms with Gasteiger partial charge in [-0.3, -0.25) is 4.99 Å². The van der Waals surface area contributed by atoms with Crippen LogP contribution in [-0.2, 0) is 10.3 Å². The fraction of sp³-hybridized carbons (Fsp3) is 0.562. The molecular weight excluding hydrogens is 269 g/mol. The molecule has 1 aromatic carbocycles. The van der Waals surface area contributed by atoms with Crippen LogP contribution in [0, 0.1) is 5.82 Å². The van der Waals surface area contributed by atoms with Gasteiger partial charge in [0.1, 0.15) is 23.8 Å². The third-order valence-electron chi connectivity index (χ3n) is 3.93. The minimum absolute atomic E-state index is 0.283. The normalized spacial score (nSPS) is 22.2. The van der Waals surface area contributed by atoms with Gasteiger partial charge in [-0.05, 0) is 38.0 Å². The van der Waals surface area contributed by atoms with Crippen molar-refractivity contribution in [2.75, 3.05) is 18.5 Å². The fourth-order valence-corrected chi connectivity index (χ4v) is 2.63. The Morgan fingerprint density at radius 1 is 1.43 bits per heavy atom. The van der Waals surface area contributed by atoms with E-state index in [0.29, 0.717) is 30.7 Å². The molecule has 1 atom stereocenters. The van der Waals surface area contributed by atoms with Crippen LogP contribution >= 0.6 is 0 Å². The van der Waals surface area contributed by atoms with Crippen LogP contribution in [0.5, 0.6) is 0 Å². The van der Waals surface area contributed by atoms with E-state index in [1.165, 1.54) is 6.07 Å². The van der Waals surface area contributed by atoms with Crippen LogP contribution in [-0.4, -0.2) is 25.1 Å². The molecule has 1 aliphatic heterocycles. The van der Waals surface area contributed by atoms with E-state index in [1.807, 2.05) is 13.0 Å². The number of hydrogen-bond acceptors (Lipinski definition) is 4.